The van der Waals surface area contributed by atoms with Crippen molar-refractivity contribution < 1.29 is 4.79 Å². The second kappa shape index (κ2) is 1.56. The molecule has 6 heavy (non-hydrogen) atoms. The molecule has 1 aliphatic heterocycles. The molecule has 34 valence electrons. The van der Waals surface area contributed by atoms with Crippen molar-refractivity contribution in [2.24, 2.45) is 0 Å². The molecule has 2 heteroatoms. The summed E-state index contributed by atoms with van der Waals surface area (Å²) in [7, 11) is 0.146. The lowest BCUT2D eigenvalue weighted by Gasteiger charge is -1.71. The maximum Gasteiger partial charge on any atom is 0.129 e. The highest BCUT2D eigenvalue weighted by Gasteiger charge is 2.08. The Morgan fingerprint density at radius 1 is 1.67 bits per heavy atom. The molecule has 1 heterocycles. The van der Waals surface area contributed by atoms with Gasteiger partial charge in [0, 0.05) is 15.9 Å². The second-order valence-corrected chi connectivity index (χ2v) is 3.66. The van der Waals surface area contributed by atoms with Gasteiger partial charge in [-0.25, -0.2) is 0 Å². The van der Waals surface area contributed by atoms with Crippen molar-refractivity contribution in [1.29, 1.82) is 0 Å². The summed E-state index contributed by atoms with van der Waals surface area (Å²) in [6, 6.07) is 2.26. The molecule has 0 aromatic rings. The molecule has 0 atom stereocenters. The van der Waals surface area contributed by atoms with Crippen LogP contribution >= 0.6 is 0 Å². The largest absolute Gasteiger partial charge is 0.300 e. The first-order chi connectivity index (χ1) is 2.89. The zero-order valence-electron chi connectivity index (χ0n) is 3.74. The highest BCUT2D eigenvalue weighted by Crippen LogP contribution is 2.05. The fourth-order valence-corrected chi connectivity index (χ4v) is 2.31. The Bertz CT molecular complexity index is 61.9. The van der Waals surface area contributed by atoms with Gasteiger partial charge in [-0.05, 0) is 6.04 Å². The summed E-state index contributed by atoms with van der Waals surface area (Å²) >= 11 is 0. The number of rotatable bonds is 0. The zero-order chi connectivity index (χ0) is 4.41. The van der Waals surface area contributed by atoms with Gasteiger partial charge >= 0.3 is 0 Å². The van der Waals surface area contributed by atoms with E-state index in [0.717, 1.165) is 12.5 Å². The van der Waals surface area contributed by atoms with Crippen molar-refractivity contribution in [3.05, 3.63) is 0 Å². The van der Waals surface area contributed by atoms with Crippen molar-refractivity contribution in [3.63, 3.8) is 0 Å². The molecule has 0 radical (unpaired) electrons. The molecule has 1 saturated heterocycles. The number of ketones is 1. The summed E-state index contributed by atoms with van der Waals surface area (Å²) in [6.07, 6.45) is 0.909. The predicted octanol–water partition coefficient (Wildman–Crippen LogP) is -0.0354. The first-order valence-electron chi connectivity index (χ1n) is 2.41. The molecule has 0 spiro atoms. The fourth-order valence-electron chi connectivity index (χ4n) is 0.769. The van der Waals surface area contributed by atoms with Gasteiger partial charge < -0.3 is 4.79 Å². The Hall–Kier alpha value is -0.113. The molecular formula is C4H8OSi. The van der Waals surface area contributed by atoms with Crippen LogP contribution in [0.3, 0.4) is 0 Å². The van der Waals surface area contributed by atoms with Gasteiger partial charge in [0.15, 0.2) is 0 Å². The molecule has 0 aromatic carbocycles. The van der Waals surface area contributed by atoms with E-state index in [1.807, 2.05) is 0 Å². The number of hydrogen-bond donors (Lipinski definition) is 0. The minimum absolute atomic E-state index is 0.146. The standard InChI is InChI=1S/C4H8OSi/c5-4-1-2-6-3-4/h1-3,6H2. The van der Waals surface area contributed by atoms with Gasteiger partial charge in [0.1, 0.15) is 5.78 Å². The summed E-state index contributed by atoms with van der Waals surface area (Å²) in [5.74, 6) is 0.515. The first-order valence-corrected chi connectivity index (χ1v) is 4.41. The maximum absolute atomic E-state index is 10.3. The van der Waals surface area contributed by atoms with E-state index in [-0.39, 0.29) is 9.52 Å². The van der Waals surface area contributed by atoms with Crippen molar-refractivity contribution in [2.75, 3.05) is 0 Å². The van der Waals surface area contributed by atoms with E-state index in [1.54, 1.807) is 0 Å². The Balaban J connectivity index is 2.37. The summed E-state index contributed by atoms with van der Waals surface area (Å²) in [5.41, 5.74) is 0. The van der Waals surface area contributed by atoms with Crippen LogP contribution in [0.1, 0.15) is 6.42 Å². The minimum Gasteiger partial charge on any atom is -0.300 e. The molecule has 0 aromatic heterocycles. The first kappa shape index (κ1) is 4.06. The van der Waals surface area contributed by atoms with E-state index < -0.39 is 0 Å². The molecule has 0 N–H and O–H groups in total. The quantitative estimate of drug-likeness (QED) is 0.390. The van der Waals surface area contributed by atoms with Gasteiger partial charge in [-0.2, -0.15) is 0 Å². The Morgan fingerprint density at radius 3 is 2.67 bits per heavy atom. The highest BCUT2D eigenvalue weighted by molar-refractivity contribution is 6.45. The van der Waals surface area contributed by atoms with Crippen molar-refractivity contribution in [3.8, 4) is 0 Å². The van der Waals surface area contributed by atoms with Crippen LogP contribution < -0.4 is 0 Å². The zero-order valence-corrected chi connectivity index (χ0v) is 5.15. The lowest BCUT2D eigenvalue weighted by atomic mass is 10.4. The molecule has 0 unspecified atom stereocenters. The molecule has 1 rings (SSSR count). The second-order valence-electron chi connectivity index (χ2n) is 1.75. The SMILES string of the molecule is O=C1CC[SiH2]C1. The molecule has 1 aliphatic rings. The smallest absolute Gasteiger partial charge is 0.129 e. The van der Waals surface area contributed by atoms with Crippen molar-refractivity contribution in [2.45, 2.75) is 18.5 Å². The van der Waals surface area contributed by atoms with Crippen LogP contribution in [0.5, 0.6) is 0 Å². The van der Waals surface area contributed by atoms with Crippen molar-refractivity contribution >= 4 is 15.3 Å². The van der Waals surface area contributed by atoms with Gasteiger partial charge in [-0.1, -0.05) is 6.04 Å². The van der Waals surface area contributed by atoms with Crippen molar-refractivity contribution in [1.82, 2.24) is 0 Å². The molecule has 0 bridgehead atoms. The monoisotopic (exact) mass is 100 g/mol. The number of Topliss-reactive ketones (excluding diaryl/α,β-unsaturated/α-hetero) is 1. The van der Waals surface area contributed by atoms with Crippen LogP contribution in [0.25, 0.3) is 0 Å². The van der Waals surface area contributed by atoms with Gasteiger partial charge in [-0.3, -0.25) is 0 Å². The topological polar surface area (TPSA) is 17.1 Å². The van der Waals surface area contributed by atoms with Gasteiger partial charge in [0.25, 0.3) is 0 Å². The number of carbonyl (C=O) groups excluding carboxylic acids is 1. The third kappa shape index (κ3) is 0.683. The van der Waals surface area contributed by atoms with E-state index in [2.05, 4.69) is 0 Å². The number of hydrogen-bond acceptors (Lipinski definition) is 1. The van der Waals surface area contributed by atoms with Gasteiger partial charge in [0.05, 0.1) is 0 Å². The number of carbonyl (C=O) groups is 1. The van der Waals surface area contributed by atoms with E-state index in [9.17, 15) is 4.79 Å². The average Bonchev–Trinajstić information content (AvgIpc) is 1.86. The third-order valence-corrected chi connectivity index (χ3v) is 2.93. The van der Waals surface area contributed by atoms with E-state index >= 15 is 0 Å². The summed E-state index contributed by atoms with van der Waals surface area (Å²) < 4.78 is 0. The molecule has 1 nitrogen and oxygen atoms in total. The minimum atomic E-state index is 0.146. The van der Waals surface area contributed by atoms with Crippen LogP contribution in [0.4, 0.5) is 0 Å². The Kier molecular flexibility index (Phi) is 1.05. The summed E-state index contributed by atoms with van der Waals surface area (Å²) in [4.78, 5) is 10.3. The van der Waals surface area contributed by atoms with Gasteiger partial charge in [-0.15, -0.1) is 0 Å². The van der Waals surface area contributed by atoms with Crippen LogP contribution in [-0.4, -0.2) is 15.3 Å². The molecular weight excluding hydrogens is 92.1 g/mol. The lowest BCUT2D eigenvalue weighted by molar-refractivity contribution is -0.116. The fraction of sp³-hybridized carbons (Fsp3) is 0.750. The summed E-state index contributed by atoms with van der Waals surface area (Å²) in [6.45, 7) is 0. The van der Waals surface area contributed by atoms with E-state index in [0.29, 0.717) is 5.78 Å². The highest BCUT2D eigenvalue weighted by atomic mass is 28.2. The molecule has 0 saturated carbocycles. The van der Waals surface area contributed by atoms with Crippen LogP contribution in [0.15, 0.2) is 0 Å². The van der Waals surface area contributed by atoms with Crippen LogP contribution in [0.2, 0.25) is 12.1 Å². The van der Waals surface area contributed by atoms with Crippen LogP contribution in [-0.2, 0) is 4.79 Å². The Labute approximate surface area is 39.6 Å². The maximum atomic E-state index is 10.3. The van der Waals surface area contributed by atoms with E-state index in [1.165, 1.54) is 6.04 Å². The third-order valence-electron chi connectivity index (χ3n) is 1.16. The van der Waals surface area contributed by atoms with Gasteiger partial charge in [0.2, 0.25) is 0 Å². The van der Waals surface area contributed by atoms with E-state index in [4.69, 9.17) is 0 Å². The summed E-state index contributed by atoms with van der Waals surface area (Å²) in [5, 5.41) is 0. The average molecular weight is 100 g/mol. The van der Waals surface area contributed by atoms with Crippen LogP contribution in [0, 0.1) is 0 Å². The molecule has 1 fully saturated rings. The molecule has 0 amide bonds. The lowest BCUT2D eigenvalue weighted by Crippen LogP contribution is -1.83. The normalized spacial score (nSPS) is 26.3. The predicted molar refractivity (Wildman–Crippen MR) is 27.8 cm³/mol. The molecule has 0 aliphatic carbocycles. The Morgan fingerprint density at radius 2 is 2.50 bits per heavy atom.